The molecule has 1 saturated carbocycles. The Balaban J connectivity index is 1.92. The SMILES string of the molecule is CN(C)C1(CN=C2NS(=O)(=O)c3ccccc32)CCCC1. The molecule has 0 unspecified atom stereocenters. The van der Waals surface area contributed by atoms with Gasteiger partial charge in [0.25, 0.3) is 10.0 Å². The van der Waals surface area contributed by atoms with Crippen LogP contribution in [0.15, 0.2) is 34.2 Å². The average Bonchev–Trinajstić information content (AvgIpc) is 3.02. The summed E-state index contributed by atoms with van der Waals surface area (Å²) in [5.41, 5.74) is 0.750. The number of nitrogens with one attached hydrogen (secondary N) is 1. The molecular weight excluding hydrogens is 286 g/mol. The summed E-state index contributed by atoms with van der Waals surface area (Å²) in [5, 5.41) is 0. The summed E-state index contributed by atoms with van der Waals surface area (Å²) in [6.45, 7) is 0.631. The van der Waals surface area contributed by atoms with E-state index in [2.05, 4.69) is 28.7 Å². The first-order valence-electron chi connectivity index (χ1n) is 7.29. The first kappa shape index (κ1) is 14.5. The summed E-state index contributed by atoms with van der Waals surface area (Å²) in [4.78, 5) is 7.18. The standard InChI is InChI=1S/C15H21N3O2S/c1-18(2)15(9-5-6-10-15)11-16-14-12-7-3-4-8-13(12)21(19,20)17-14/h3-4,7-8H,5-6,9-11H2,1-2H3,(H,16,17). The lowest BCUT2D eigenvalue weighted by Crippen LogP contribution is -2.45. The molecule has 0 aromatic heterocycles. The summed E-state index contributed by atoms with van der Waals surface area (Å²) < 4.78 is 26.7. The van der Waals surface area contributed by atoms with E-state index in [1.54, 1.807) is 12.1 Å². The molecule has 1 N–H and O–H groups in total. The van der Waals surface area contributed by atoms with Crippen molar-refractivity contribution in [3.8, 4) is 0 Å². The third-order valence-corrected chi connectivity index (χ3v) is 6.07. The second kappa shape index (κ2) is 5.10. The summed E-state index contributed by atoms with van der Waals surface area (Å²) in [6, 6.07) is 7.01. The van der Waals surface area contributed by atoms with Gasteiger partial charge in [-0.25, -0.2) is 8.42 Å². The molecule has 0 amide bonds. The summed E-state index contributed by atoms with van der Waals surface area (Å²) >= 11 is 0. The van der Waals surface area contributed by atoms with Gasteiger partial charge in [-0.05, 0) is 39.1 Å². The Hall–Kier alpha value is -1.40. The van der Waals surface area contributed by atoms with Gasteiger partial charge in [0.05, 0.1) is 11.4 Å². The number of fused-ring (bicyclic) bond motifs is 1. The third-order valence-electron chi connectivity index (χ3n) is 4.68. The maximum atomic E-state index is 12.1. The molecule has 114 valence electrons. The van der Waals surface area contributed by atoms with Gasteiger partial charge in [-0.1, -0.05) is 25.0 Å². The van der Waals surface area contributed by atoms with Crippen molar-refractivity contribution in [3.05, 3.63) is 29.8 Å². The molecule has 6 heteroatoms. The largest absolute Gasteiger partial charge is 0.302 e. The van der Waals surface area contributed by atoms with E-state index in [0.29, 0.717) is 22.8 Å². The highest BCUT2D eigenvalue weighted by Gasteiger charge is 2.37. The number of benzene rings is 1. The highest BCUT2D eigenvalue weighted by molar-refractivity contribution is 7.90. The van der Waals surface area contributed by atoms with Crippen LogP contribution in [0.2, 0.25) is 0 Å². The molecule has 0 bridgehead atoms. The molecule has 21 heavy (non-hydrogen) atoms. The van der Waals surface area contributed by atoms with E-state index in [1.165, 1.54) is 12.8 Å². The van der Waals surface area contributed by atoms with Crippen molar-refractivity contribution in [1.82, 2.24) is 9.62 Å². The number of aliphatic imine (C=N–C) groups is 1. The maximum absolute atomic E-state index is 12.1. The zero-order valence-corrected chi connectivity index (χ0v) is 13.3. The molecule has 1 heterocycles. The van der Waals surface area contributed by atoms with E-state index >= 15 is 0 Å². The highest BCUT2D eigenvalue weighted by Crippen LogP contribution is 2.34. The Morgan fingerprint density at radius 3 is 2.57 bits per heavy atom. The first-order chi connectivity index (χ1) is 9.95. The van der Waals surface area contributed by atoms with Gasteiger partial charge in [0.2, 0.25) is 0 Å². The van der Waals surface area contributed by atoms with Crippen molar-refractivity contribution in [3.63, 3.8) is 0 Å². The van der Waals surface area contributed by atoms with Crippen molar-refractivity contribution in [1.29, 1.82) is 0 Å². The molecule has 1 aliphatic carbocycles. The van der Waals surface area contributed by atoms with E-state index in [1.807, 2.05) is 12.1 Å². The summed E-state index contributed by atoms with van der Waals surface area (Å²) in [5.74, 6) is 0.485. The lowest BCUT2D eigenvalue weighted by atomic mass is 9.96. The smallest absolute Gasteiger partial charge is 0.263 e. The van der Waals surface area contributed by atoms with E-state index < -0.39 is 10.0 Å². The molecular formula is C15H21N3O2S. The van der Waals surface area contributed by atoms with Crippen LogP contribution in [-0.4, -0.2) is 45.3 Å². The van der Waals surface area contributed by atoms with Crippen LogP contribution < -0.4 is 4.72 Å². The molecule has 1 aliphatic heterocycles. The van der Waals surface area contributed by atoms with Crippen molar-refractivity contribution < 1.29 is 8.42 Å². The number of hydrogen-bond donors (Lipinski definition) is 1. The lowest BCUT2D eigenvalue weighted by Gasteiger charge is -2.34. The van der Waals surface area contributed by atoms with Gasteiger partial charge in [-0.2, -0.15) is 0 Å². The number of amidine groups is 1. The highest BCUT2D eigenvalue weighted by atomic mass is 32.2. The molecule has 1 fully saturated rings. The Morgan fingerprint density at radius 2 is 1.90 bits per heavy atom. The van der Waals surface area contributed by atoms with Gasteiger partial charge in [0.1, 0.15) is 5.84 Å². The predicted octanol–water partition coefficient (Wildman–Crippen LogP) is 1.60. The van der Waals surface area contributed by atoms with Crippen molar-refractivity contribution in [2.75, 3.05) is 20.6 Å². The number of sulfonamides is 1. The van der Waals surface area contributed by atoms with Crippen LogP contribution in [0.4, 0.5) is 0 Å². The van der Waals surface area contributed by atoms with Crippen LogP contribution in [0.3, 0.4) is 0 Å². The molecule has 5 nitrogen and oxygen atoms in total. The fraction of sp³-hybridized carbons (Fsp3) is 0.533. The minimum atomic E-state index is -3.43. The van der Waals surface area contributed by atoms with Crippen LogP contribution in [0.5, 0.6) is 0 Å². The quantitative estimate of drug-likeness (QED) is 0.922. The number of rotatable bonds is 3. The summed E-state index contributed by atoms with van der Waals surface area (Å²) in [7, 11) is 0.728. The first-order valence-corrected chi connectivity index (χ1v) is 8.77. The molecule has 0 spiro atoms. The van der Waals surface area contributed by atoms with E-state index in [4.69, 9.17) is 0 Å². The number of likely N-dealkylation sites (N-methyl/N-ethyl adjacent to an activating group) is 1. The molecule has 3 rings (SSSR count). The molecule has 2 aliphatic rings. The van der Waals surface area contributed by atoms with Crippen LogP contribution in [0.1, 0.15) is 31.2 Å². The molecule has 1 aromatic carbocycles. The minimum Gasteiger partial charge on any atom is -0.302 e. The van der Waals surface area contributed by atoms with Crippen molar-refractivity contribution >= 4 is 15.9 Å². The fourth-order valence-electron chi connectivity index (χ4n) is 3.26. The van der Waals surface area contributed by atoms with Crippen LogP contribution in [0.25, 0.3) is 0 Å². The van der Waals surface area contributed by atoms with Gasteiger partial charge < -0.3 is 4.90 Å². The van der Waals surface area contributed by atoms with Gasteiger partial charge >= 0.3 is 0 Å². The van der Waals surface area contributed by atoms with E-state index in [0.717, 1.165) is 12.8 Å². The average molecular weight is 307 g/mol. The molecule has 0 atom stereocenters. The Labute approximate surface area is 126 Å². The lowest BCUT2D eigenvalue weighted by molar-refractivity contribution is 0.167. The van der Waals surface area contributed by atoms with Crippen molar-refractivity contribution in [2.24, 2.45) is 4.99 Å². The Kier molecular flexibility index (Phi) is 3.53. The number of nitrogens with zero attached hydrogens (tertiary/aromatic N) is 2. The fourth-order valence-corrected chi connectivity index (χ4v) is 4.51. The monoisotopic (exact) mass is 307 g/mol. The van der Waals surface area contributed by atoms with Crippen LogP contribution >= 0.6 is 0 Å². The third kappa shape index (κ3) is 2.46. The predicted molar refractivity (Wildman–Crippen MR) is 83.1 cm³/mol. The Bertz CT molecular complexity index is 674. The molecule has 0 saturated heterocycles. The van der Waals surface area contributed by atoms with Crippen LogP contribution in [-0.2, 0) is 10.0 Å². The zero-order valence-electron chi connectivity index (χ0n) is 12.5. The van der Waals surface area contributed by atoms with Crippen LogP contribution in [0, 0.1) is 0 Å². The van der Waals surface area contributed by atoms with Gasteiger partial charge in [0.15, 0.2) is 0 Å². The van der Waals surface area contributed by atoms with Gasteiger partial charge in [-0.3, -0.25) is 9.71 Å². The second-order valence-electron chi connectivity index (χ2n) is 6.09. The second-order valence-corrected chi connectivity index (χ2v) is 7.74. The maximum Gasteiger partial charge on any atom is 0.263 e. The van der Waals surface area contributed by atoms with Crippen molar-refractivity contribution in [2.45, 2.75) is 36.1 Å². The minimum absolute atomic E-state index is 0.0655. The number of hydrogen-bond acceptors (Lipinski definition) is 4. The van der Waals surface area contributed by atoms with E-state index in [9.17, 15) is 8.42 Å². The van der Waals surface area contributed by atoms with Gasteiger partial charge in [0, 0.05) is 11.1 Å². The topological polar surface area (TPSA) is 61.8 Å². The normalized spacial score (nSPS) is 24.2. The Morgan fingerprint density at radius 1 is 1.24 bits per heavy atom. The molecule has 1 aromatic rings. The van der Waals surface area contributed by atoms with E-state index in [-0.39, 0.29) is 5.54 Å². The molecule has 0 radical (unpaired) electrons. The van der Waals surface area contributed by atoms with Gasteiger partial charge in [-0.15, -0.1) is 0 Å². The zero-order chi connectivity index (χ0) is 15.1. The summed E-state index contributed by atoms with van der Waals surface area (Å²) in [6.07, 6.45) is 4.66.